The van der Waals surface area contributed by atoms with E-state index >= 15 is 0 Å². The standard InChI is InChI=1S/C15H13F3INO/c16-15(17,18)11-4-1-3-10(7-11)14(21)9-20-13-6-2-5-12(19)8-13/h1-8,14,20-21H,9H2. The molecule has 0 aliphatic carbocycles. The van der Waals surface area contributed by atoms with E-state index in [1.165, 1.54) is 12.1 Å². The third kappa shape index (κ3) is 4.60. The zero-order valence-electron chi connectivity index (χ0n) is 10.9. The lowest BCUT2D eigenvalue weighted by Gasteiger charge is -2.15. The van der Waals surface area contributed by atoms with Gasteiger partial charge >= 0.3 is 6.18 Å². The molecule has 0 fully saturated rings. The number of hydrogen-bond acceptors (Lipinski definition) is 2. The van der Waals surface area contributed by atoms with Crippen molar-refractivity contribution < 1.29 is 18.3 Å². The van der Waals surface area contributed by atoms with E-state index in [9.17, 15) is 18.3 Å². The van der Waals surface area contributed by atoms with Gasteiger partial charge in [0, 0.05) is 15.8 Å². The zero-order chi connectivity index (χ0) is 15.5. The third-order valence-electron chi connectivity index (χ3n) is 2.92. The number of nitrogens with one attached hydrogen (secondary N) is 1. The second kappa shape index (κ2) is 6.65. The molecule has 0 aliphatic heterocycles. The van der Waals surface area contributed by atoms with Gasteiger partial charge in [-0.3, -0.25) is 0 Å². The highest BCUT2D eigenvalue weighted by atomic mass is 127. The fourth-order valence-electron chi connectivity index (χ4n) is 1.85. The Morgan fingerprint density at radius 1 is 1.10 bits per heavy atom. The van der Waals surface area contributed by atoms with Crippen molar-refractivity contribution in [2.24, 2.45) is 0 Å². The van der Waals surface area contributed by atoms with E-state index in [4.69, 9.17) is 0 Å². The Balaban J connectivity index is 2.05. The Bertz CT molecular complexity index is 616. The molecule has 0 spiro atoms. The first-order valence-electron chi connectivity index (χ1n) is 6.21. The van der Waals surface area contributed by atoms with Crippen LogP contribution in [0.15, 0.2) is 48.5 Å². The molecule has 1 unspecified atom stereocenters. The topological polar surface area (TPSA) is 32.3 Å². The van der Waals surface area contributed by atoms with E-state index in [2.05, 4.69) is 27.9 Å². The Labute approximate surface area is 134 Å². The van der Waals surface area contributed by atoms with Crippen LogP contribution in [-0.2, 0) is 6.18 Å². The zero-order valence-corrected chi connectivity index (χ0v) is 13.0. The van der Waals surface area contributed by atoms with Crippen LogP contribution in [0.2, 0.25) is 0 Å². The average Bonchev–Trinajstić information content (AvgIpc) is 2.44. The van der Waals surface area contributed by atoms with E-state index < -0.39 is 17.8 Å². The molecule has 0 saturated heterocycles. The molecule has 2 rings (SSSR count). The van der Waals surface area contributed by atoms with E-state index in [0.29, 0.717) is 0 Å². The summed E-state index contributed by atoms with van der Waals surface area (Å²) in [5, 5.41) is 13.0. The lowest BCUT2D eigenvalue weighted by molar-refractivity contribution is -0.137. The van der Waals surface area contributed by atoms with E-state index in [1.807, 2.05) is 24.3 Å². The lowest BCUT2D eigenvalue weighted by atomic mass is 10.1. The monoisotopic (exact) mass is 407 g/mol. The molecule has 2 nitrogen and oxygen atoms in total. The first-order valence-corrected chi connectivity index (χ1v) is 7.29. The van der Waals surface area contributed by atoms with Crippen molar-refractivity contribution in [1.82, 2.24) is 0 Å². The maximum Gasteiger partial charge on any atom is 0.416 e. The minimum Gasteiger partial charge on any atom is -0.387 e. The molecule has 2 aromatic rings. The van der Waals surface area contributed by atoms with E-state index in [-0.39, 0.29) is 12.1 Å². The molecule has 0 amide bonds. The predicted molar refractivity (Wildman–Crippen MR) is 84.1 cm³/mol. The van der Waals surface area contributed by atoms with Crippen molar-refractivity contribution in [3.8, 4) is 0 Å². The molecule has 112 valence electrons. The number of alkyl halides is 3. The van der Waals surface area contributed by atoms with Crippen LogP contribution in [0.4, 0.5) is 18.9 Å². The predicted octanol–water partition coefficient (Wildman–Crippen LogP) is 4.46. The Hall–Kier alpha value is -1.28. The Morgan fingerprint density at radius 3 is 2.48 bits per heavy atom. The molecule has 0 aromatic heterocycles. The van der Waals surface area contributed by atoms with Crippen LogP contribution in [-0.4, -0.2) is 11.7 Å². The minimum atomic E-state index is -4.40. The van der Waals surface area contributed by atoms with Gasteiger partial charge in [-0.25, -0.2) is 0 Å². The van der Waals surface area contributed by atoms with E-state index in [0.717, 1.165) is 21.4 Å². The maximum atomic E-state index is 12.6. The van der Waals surface area contributed by atoms with Gasteiger partial charge in [0.1, 0.15) is 0 Å². The van der Waals surface area contributed by atoms with Crippen LogP contribution in [0.1, 0.15) is 17.2 Å². The summed E-state index contributed by atoms with van der Waals surface area (Å²) in [6.07, 6.45) is -5.41. The molecular weight excluding hydrogens is 394 g/mol. The van der Waals surface area contributed by atoms with Crippen molar-refractivity contribution >= 4 is 28.3 Å². The second-order valence-corrected chi connectivity index (χ2v) is 5.78. The maximum absolute atomic E-state index is 12.6. The summed E-state index contributed by atoms with van der Waals surface area (Å²) in [6.45, 7) is 0.140. The van der Waals surface area contributed by atoms with Gasteiger partial charge in [-0.1, -0.05) is 18.2 Å². The molecule has 2 N–H and O–H groups in total. The highest BCUT2D eigenvalue weighted by molar-refractivity contribution is 14.1. The fourth-order valence-corrected chi connectivity index (χ4v) is 2.40. The van der Waals surface area contributed by atoms with Gasteiger partial charge in [0.2, 0.25) is 0 Å². The molecule has 0 bridgehead atoms. The van der Waals surface area contributed by atoms with E-state index in [1.54, 1.807) is 0 Å². The fraction of sp³-hybridized carbons (Fsp3) is 0.200. The minimum absolute atomic E-state index is 0.140. The molecule has 0 aliphatic rings. The quantitative estimate of drug-likeness (QED) is 0.734. The highest BCUT2D eigenvalue weighted by Gasteiger charge is 2.30. The first-order chi connectivity index (χ1) is 9.86. The van der Waals surface area contributed by atoms with Crippen molar-refractivity contribution in [3.05, 3.63) is 63.2 Å². The van der Waals surface area contributed by atoms with Gasteiger partial charge < -0.3 is 10.4 Å². The van der Waals surface area contributed by atoms with Crippen LogP contribution >= 0.6 is 22.6 Å². The van der Waals surface area contributed by atoms with Crippen LogP contribution in [0.25, 0.3) is 0 Å². The van der Waals surface area contributed by atoms with Gasteiger partial charge in [-0.05, 0) is 58.5 Å². The normalized spacial score (nSPS) is 13.0. The number of halogens is 4. The Kier molecular flexibility index (Phi) is 5.10. The SMILES string of the molecule is OC(CNc1cccc(I)c1)c1cccc(C(F)(F)F)c1. The Morgan fingerprint density at radius 2 is 1.81 bits per heavy atom. The smallest absolute Gasteiger partial charge is 0.387 e. The van der Waals surface area contributed by atoms with Gasteiger partial charge in [0.05, 0.1) is 11.7 Å². The largest absolute Gasteiger partial charge is 0.416 e. The number of benzene rings is 2. The van der Waals surface area contributed by atoms with Gasteiger partial charge in [0.15, 0.2) is 0 Å². The van der Waals surface area contributed by atoms with Crippen molar-refractivity contribution in [3.63, 3.8) is 0 Å². The molecule has 21 heavy (non-hydrogen) atoms. The summed E-state index contributed by atoms with van der Waals surface area (Å²) in [5.74, 6) is 0. The summed E-state index contributed by atoms with van der Waals surface area (Å²) in [5.41, 5.74) is 0.296. The molecule has 0 saturated carbocycles. The summed E-state index contributed by atoms with van der Waals surface area (Å²) in [4.78, 5) is 0. The second-order valence-electron chi connectivity index (χ2n) is 4.53. The van der Waals surface area contributed by atoms with Crippen LogP contribution < -0.4 is 5.32 Å². The molecule has 6 heteroatoms. The summed E-state index contributed by atoms with van der Waals surface area (Å²) in [7, 11) is 0. The first kappa shape index (κ1) is 16.1. The number of hydrogen-bond donors (Lipinski definition) is 2. The highest BCUT2D eigenvalue weighted by Crippen LogP contribution is 2.30. The molecule has 0 radical (unpaired) electrons. The van der Waals surface area contributed by atoms with Crippen LogP contribution in [0, 0.1) is 3.57 Å². The van der Waals surface area contributed by atoms with Crippen molar-refractivity contribution in [1.29, 1.82) is 0 Å². The average molecular weight is 407 g/mol. The molecule has 0 heterocycles. The van der Waals surface area contributed by atoms with Gasteiger partial charge in [-0.2, -0.15) is 13.2 Å². The lowest BCUT2D eigenvalue weighted by Crippen LogP contribution is -2.13. The van der Waals surface area contributed by atoms with Crippen LogP contribution in [0.3, 0.4) is 0 Å². The number of aliphatic hydroxyl groups is 1. The van der Waals surface area contributed by atoms with Crippen LogP contribution in [0.5, 0.6) is 0 Å². The van der Waals surface area contributed by atoms with Gasteiger partial charge in [-0.15, -0.1) is 0 Å². The summed E-state index contributed by atoms with van der Waals surface area (Å²) in [6, 6.07) is 12.3. The molecule has 1 atom stereocenters. The van der Waals surface area contributed by atoms with Crippen molar-refractivity contribution in [2.75, 3.05) is 11.9 Å². The summed E-state index contributed by atoms with van der Waals surface area (Å²) >= 11 is 2.16. The summed E-state index contributed by atoms with van der Waals surface area (Å²) < 4.78 is 38.9. The van der Waals surface area contributed by atoms with Gasteiger partial charge in [0.25, 0.3) is 0 Å². The number of aliphatic hydroxyl groups excluding tert-OH is 1. The molecule has 2 aromatic carbocycles. The van der Waals surface area contributed by atoms with Crippen molar-refractivity contribution in [2.45, 2.75) is 12.3 Å². The third-order valence-corrected chi connectivity index (χ3v) is 3.59. The number of rotatable bonds is 4. The molecular formula is C15H13F3INO. The number of anilines is 1.